The molecule has 0 aliphatic rings. The van der Waals surface area contributed by atoms with Gasteiger partial charge in [-0.25, -0.2) is 0 Å². The number of benzene rings is 1. The average Bonchev–Trinajstić information content (AvgIpc) is 2.17. The first-order valence-electron chi connectivity index (χ1n) is 3.74. The van der Waals surface area contributed by atoms with Gasteiger partial charge in [0.15, 0.2) is 0 Å². The van der Waals surface area contributed by atoms with E-state index in [0.29, 0.717) is 5.56 Å². The fourth-order valence-electron chi connectivity index (χ4n) is 0.943. The van der Waals surface area contributed by atoms with Crippen molar-refractivity contribution in [3.63, 3.8) is 0 Å². The maximum atomic E-state index is 8.53. The van der Waals surface area contributed by atoms with E-state index >= 15 is 0 Å². The number of hydrogen-bond donors (Lipinski definition) is 2. The standard InChI is InChI=1S/C9H11N3/c1-7(12-11)9-4-2-8(6-10)3-5-9/h2-5,7,12H,11H2,1H3. The molecule has 1 unspecified atom stereocenters. The van der Waals surface area contributed by atoms with Gasteiger partial charge in [0.05, 0.1) is 11.6 Å². The van der Waals surface area contributed by atoms with Gasteiger partial charge in [-0.2, -0.15) is 5.26 Å². The molecule has 0 radical (unpaired) electrons. The minimum Gasteiger partial charge on any atom is -0.271 e. The van der Waals surface area contributed by atoms with E-state index in [0.717, 1.165) is 5.56 Å². The van der Waals surface area contributed by atoms with Gasteiger partial charge in [-0.15, -0.1) is 0 Å². The summed E-state index contributed by atoms with van der Waals surface area (Å²) < 4.78 is 0. The normalized spacial score (nSPS) is 12.1. The summed E-state index contributed by atoms with van der Waals surface area (Å²) in [7, 11) is 0. The molecule has 1 aromatic carbocycles. The number of nitrogens with one attached hydrogen (secondary N) is 1. The van der Waals surface area contributed by atoms with Gasteiger partial charge in [-0.3, -0.25) is 11.3 Å². The molecule has 1 aromatic rings. The van der Waals surface area contributed by atoms with Crippen LogP contribution in [0.15, 0.2) is 24.3 Å². The number of nitriles is 1. The Morgan fingerprint density at radius 1 is 1.42 bits per heavy atom. The highest BCUT2D eigenvalue weighted by atomic mass is 15.2. The number of nitrogens with zero attached hydrogens (tertiary/aromatic N) is 1. The first kappa shape index (κ1) is 8.72. The first-order valence-corrected chi connectivity index (χ1v) is 3.74. The van der Waals surface area contributed by atoms with Crippen LogP contribution < -0.4 is 11.3 Å². The van der Waals surface area contributed by atoms with Crippen molar-refractivity contribution < 1.29 is 0 Å². The molecule has 1 atom stereocenters. The lowest BCUT2D eigenvalue weighted by Gasteiger charge is -2.09. The van der Waals surface area contributed by atoms with Gasteiger partial charge < -0.3 is 0 Å². The Hall–Kier alpha value is -1.37. The Kier molecular flexibility index (Phi) is 2.81. The zero-order chi connectivity index (χ0) is 8.97. The highest BCUT2D eigenvalue weighted by molar-refractivity contribution is 5.32. The zero-order valence-corrected chi connectivity index (χ0v) is 6.91. The van der Waals surface area contributed by atoms with Gasteiger partial charge in [0.1, 0.15) is 0 Å². The summed E-state index contributed by atoms with van der Waals surface area (Å²) in [6, 6.07) is 9.53. The SMILES string of the molecule is CC(NN)c1ccc(C#N)cc1. The van der Waals surface area contributed by atoms with Gasteiger partial charge in [0.25, 0.3) is 0 Å². The van der Waals surface area contributed by atoms with Crippen molar-refractivity contribution in [2.75, 3.05) is 0 Å². The Morgan fingerprint density at radius 3 is 2.42 bits per heavy atom. The van der Waals surface area contributed by atoms with E-state index in [-0.39, 0.29) is 6.04 Å². The summed E-state index contributed by atoms with van der Waals surface area (Å²) >= 11 is 0. The van der Waals surface area contributed by atoms with Crippen LogP contribution in [0.2, 0.25) is 0 Å². The van der Waals surface area contributed by atoms with E-state index in [2.05, 4.69) is 11.5 Å². The molecule has 3 heteroatoms. The molecule has 0 fully saturated rings. The molecule has 0 amide bonds. The number of nitrogens with two attached hydrogens (primary N) is 1. The second kappa shape index (κ2) is 3.86. The van der Waals surface area contributed by atoms with E-state index in [4.69, 9.17) is 11.1 Å². The van der Waals surface area contributed by atoms with Crippen LogP contribution in [0.1, 0.15) is 24.1 Å². The molecule has 0 bridgehead atoms. The van der Waals surface area contributed by atoms with Gasteiger partial charge in [-0.1, -0.05) is 12.1 Å². The fourth-order valence-corrected chi connectivity index (χ4v) is 0.943. The average molecular weight is 161 g/mol. The molecule has 62 valence electrons. The molecule has 3 N–H and O–H groups in total. The molecule has 0 saturated heterocycles. The topological polar surface area (TPSA) is 61.8 Å². The summed E-state index contributed by atoms with van der Waals surface area (Å²) in [6.45, 7) is 1.96. The molecule has 0 aromatic heterocycles. The lowest BCUT2D eigenvalue weighted by Crippen LogP contribution is -2.25. The number of hydrogen-bond acceptors (Lipinski definition) is 3. The highest BCUT2D eigenvalue weighted by Crippen LogP contribution is 2.11. The smallest absolute Gasteiger partial charge is 0.0991 e. The van der Waals surface area contributed by atoms with Crippen molar-refractivity contribution in [3.8, 4) is 6.07 Å². The van der Waals surface area contributed by atoms with Crippen molar-refractivity contribution in [1.29, 1.82) is 5.26 Å². The maximum absolute atomic E-state index is 8.53. The number of rotatable bonds is 2. The minimum atomic E-state index is 0.123. The van der Waals surface area contributed by atoms with Crippen LogP contribution in [-0.4, -0.2) is 0 Å². The van der Waals surface area contributed by atoms with E-state index < -0.39 is 0 Å². The molecule has 0 spiro atoms. The second-order valence-electron chi connectivity index (χ2n) is 2.62. The van der Waals surface area contributed by atoms with E-state index in [1.54, 1.807) is 12.1 Å². The fraction of sp³-hybridized carbons (Fsp3) is 0.222. The lowest BCUT2D eigenvalue weighted by molar-refractivity contribution is 0.602. The third kappa shape index (κ3) is 1.82. The van der Waals surface area contributed by atoms with E-state index in [1.165, 1.54) is 0 Å². The first-order chi connectivity index (χ1) is 5.77. The van der Waals surface area contributed by atoms with Crippen molar-refractivity contribution in [2.45, 2.75) is 13.0 Å². The molecule has 0 saturated carbocycles. The maximum Gasteiger partial charge on any atom is 0.0991 e. The summed E-state index contributed by atoms with van der Waals surface area (Å²) in [5, 5.41) is 8.53. The van der Waals surface area contributed by atoms with Crippen LogP contribution in [0.5, 0.6) is 0 Å². The van der Waals surface area contributed by atoms with Crippen molar-refractivity contribution in [1.82, 2.24) is 5.43 Å². The van der Waals surface area contributed by atoms with Gasteiger partial charge in [-0.05, 0) is 24.6 Å². The third-order valence-electron chi connectivity index (χ3n) is 1.79. The monoisotopic (exact) mass is 161 g/mol. The van der Waals surface area contributed by atoms with Crippen molar-refractivity contribution in [3.05, 3.63) is 35.4 Å². The zero-order valence-electron chi connectivity index (χ0n) is 6.91. The predicted octanol–water partition coefficient (Wildman–Crippen LogP) is 1.08. The molecule has 1 rings (SSSR count). The quantitative estimate of drug-likeness (QED) is 0.504. The Morgan fingerprint density at radius 2 is 2.00 bits per heavy atom. The second-order valence-corrected chi connectivity index (χ2v) is 2.62. The molecular weight excluding hydrogens is 150 g/mol. The van der Waals surface area contributed by atoms with Crippen LogP contribution in [0.3, 0.4) is 0 Å². The van der Waals surface area contributed by atoms with Crippen LogP contribution in [0.4, 0.5) is 0 Å². The van der Waals surface area contributed by atoms with Crippen LogP contribution in [0.25, 0.3) is 0 Å². The molecule has 0 aliphatic carbocycles. The molecule has 3 nitrogen and oxygen atoms in total. The minimum absolute atomic E-state index is 0.123. The summed E-state index contributed by atoms with van der Waals surface area (Å²) in [6.07, 6.45) is 0. The molecular formula is C9H11N3. The van der Waals surface area contributed by atoms with Gasteiger partial charge in [0.2, 0.25) is 0 Å². The summed E-state index contributed by atoms with van der Waals surface area (Å²) in [5.41, 5.74) is 4.39. The third-order valence-corrected chi connectivity index (χ3v) is 1.79. The highest BCUT2D eigenvalue weighted by Gasteiger charge is 2.00. The van der Waals surface area contributed by atoms with Crippen LogP contribution >= 0.6 is 0 Å². The van der Waals surface area contributed by atoms with Crippen molar-refractivity contribution >= 4 is 0 Å². The Bertz CT molecular complexity index is 284. The van der Waals surface area contributed by atoms with E-state index in [1.807, 2.05) is 19.1 Å². The summed E-state index contributed by atoms with van der Waals surface area (Å²) in [4.78, 5) is 0. The largest absolute Gasteiger partial charge is 0.271 e. The predicted molar refractivity (Wildman–Crippen MR) is 46.9 cm³/mol. The van der Waals surface area contributed by atoms with Crippen LogP contribution in [-0.2, 0) is 0 Å². The van der Waals surface area contributed by atoms with Gasteiger partial charge >= 0.3 is 0 Å². The lowest BCUT2D eigenvalue weighted by atomic mass is 10.1. The van der Waals surface area contributed by atoms with E-state index in [9.17, 15) is 0 Å². The summed E-state index contributed by atoms with van der Waals surface area (Å²) in [5.74, 6) is 5.26. The Balaban J connectivity index is 2.86. The van der Waals surface area contributed by atoms with Crippen LogP contribution in [0, 0.1) is 11.3 Å². The van der Waals surface area contributed by atoms with Gasteiger partial charge in [0, 0.05) is 6.04 Å². The number of hydrazine groups is 1. The molecule has 12 heavy (non-hydrogen) atoms. The van der Waals surface area contributed by atoms with Crippen molar-refractivity contribution in [2.24, 2.45) is 5.84 Å². The molecule has 0 aliphatic heterocycles. The molecule has 0 heterocycles. The Labute approximate surface area is 71.8 Å².